The molecule has 2 fully saturated rings. The van der Waals surface area contributed by atoms with Crippen LogP contribution < -0.4 is 0 Å². The first-order valence-corrected chi connectivity index (χ1v) is 7.61. The van der Waals surface area contributed by atoms with E-state index in [0.29, 0.717) is 18.3 Å². The second-order valence-corrected chi connectivity index (χ2v) is 6.19. The van der Waals surface area contributed by atoms with Crippen molar-refractivity contribution in [1.82, 2.24) is 4.90 Å². The highest BCUT2D eigenvalue weighted by Crippen LogP contribution is 2.44. The molecule has 4 heteroatoms. The third kappa shape index (κ3) is 3.95. The number of piperidine rings is 1. The Balaban J connectivity index is 1.73. The van der Waals surface area contributed by atoms with Crippen LogP contribution in [0, 0.1) is 5.41 Å². The van der Waals surface area contributed by atoms with Crippen LogP contribution in [0.2, 0.25) is 0 Å². The van der Waals surface area contributed by atoms with Gasteiger partial charge in [0.25, 0.3) is 0 Å². The zero-order chi connectivity index (χ0) is 13.7. The minimum absolute atomic E-state index is 0.101. The number of hydrogen-bond donors (Lipinski definition) is 1. The van der Waals surface area contributed by atoms with Crippen LogP contribution in [0.3, 0.4) is 0 Å². The topological polar surface area (TPSA) is 57.6 Å². The summed E-state index contributed by atoms with van der Waals surface area (Å²) < 4.78 is 0. The summed E-state index contributed by atoms with van der Waals surface area (Å²) in [4.78, 5) is 24.4. The van der Waals surface area contributed by atoms with E-state index < -0.39 is 5.97 Å². The quantitative estimate of drug-likeness (QED) is 0.852. The number of carboxylic acids is 1. The van der Waals surface area contributed by atoms with Gasteiger partial charge in [0.2, 0.25) is 5.91 Å². The number of carbonyl (C=O) groups excluding carboxylic acids is 1. The van der Waals surface area contributed by atoms with Gasteiger partial charge in [-0.05, 0) is 37.5 Å². The maximum Gasteiger partial charge on any atom is 0.303 e. The second-order valence-electron chi connectivity index (χ2n) is 6.19. The van der Waals surface area contributed by atoms with Crippen LogP contribution in [-0.2, 0) is 9.59 Å². The SMILES string of the molecule is O=C(O)CCCC(=O)N1CCC2(CCCCC2)CC1. The van der Waals surface area contributed by atoms with E-state index in [-0.39, 0.29) is 12.3 Å². The van der Waals surface area contributed by atoms with E-state index in [4.69, 9.17) is 5.11 Å². The van der Waals surface area contributed by atoms with Gasteiger partial charge in [-0.1, -0.05) is 19.3 Å². The van der Waals surface area contributed by atoms with Crippen LogP contribution in [0.15, 0.2) is 0 Å². The van der Waals surface area contributed by atoms with Gasteiger partial charge in [-0.3, -0.25) is 9.59 Å². The third-order valence-corrected chi connectivity index (χ3v) is 4.87. The lowest BCUT2D eigenvalue weighted by Gasteiger charge is -2.44. The van der Waals surface area contributed by atoms with Gasteiger partial charge in [-0.2, -0.15) is 0 Å². The van der Waals surface area contributed by atoms with Gasteiger partial charge in [0.05, 0.1) is 0 Å². The summed E-state index contributed by atoms with van der Waals surface area (Å²) in [6, 6.07) is 0. The van der Waals surface area contributed by atoms with Crippen LogP contribution in [0.4, 0.5) is 0 Å². The van der Waals surface area contributed by atoms with Gasteiger partial charge in [-0.25, -0.2) is 0 Å². The van der Waals surface area contributed by atoms with Gasteiger partial charge in [0, 0.05) is 25.9 Å². The molecule has 1 aliphatic heterocycles. The van der Waals surface area contributed by atoms with Crippen LogP contribution in [0.5, 0.6) is 0 Å². The van der Waals surface area contributed by atoms with Crippen LogP contribution in [0.1, 0.15) is 64.2 Å². The smallest absolute Gasteiger partial charge is 0.303 e. The van der Waals surface area contributed by atoms with Gasteiger partial charge in [-0.15, -0.1) is 0 Å². The predicted octanol–water partition coefficient (Wildman–Crippen LogP) is 2.81. The highest BCUT2D eigenvalue weighted by atomic mass is 16.4. The van der Waals surface area contributed by atoms with Crippen LogP contribution in [-0.4, -0.2) is 35.0 Å². The maximum atomic E-state index is 12.0. The second kappa shape index (κ2) is 6.40. The maximum absolute atomic E-state index is 12.0. The number of likely N-dealkylation sites (tertiary alicyclic amines) is 1. The Kier molecular flexibility index (Phi) is 4.83. The summed E-state index contributed by atoms with van der Waals surface area (Å²) in [7, 11) is 0. The number of hydrogen-bond acceptors (Lipinski definition) is 2. The molecule has 1 saturated heterocycles. The zero-order valence-electron chi connectivity index (χ0n) is 11.7. The lowest BCUT2D eigenvalue weighted by molar-refractivity contribution is -0.137. The normalized spacial score (nSPS) is 22.4. The molecule has 1 heterocycles. The molecule has 1 aliphatic carbocycles. The van der Waals surface area contributed by atoms with Crippen molar-refractivity contribution in [3.8, 4) is 0 Å². The van der Waals surface area contributed by atoms with Crippen molar-refractivity contribution in [2.75, 3.05) is 13.1 Å². The molecular weight excluding hydrogens is 242 g/mol. The Bertz CT molecular complexity index is 324. The lowest BCUT2D eigenvalue weighted by Crippen LogP contribution is -2.43. The monoisotopic (exact) mass is 267 g/mol. The molecule has 0 aromatic heterocycles. The predicted molar refractivity (Wildman–Crippen MR) is 72.8 cm³/mol. The van der Waals surface area contributed by atoms with E-state index in [0.717, 1.165) is 25.9 Å². The number of rotatable bonds is 4. The first kappa shape index (κ1) is 14.4. The minimum atomic E-state index is -0.812. The summed E-state index contributed by atoms with van der Waals surface area (Å²) in [5, 5.41) is 8.58. The average Bonchev–Trinajstić information content (AvgIpc) is 2.40. The van der Waals surface area contributed by atoms with Crippen LogP contribution in [0.25, 0.3) is 0 Å². The molecule has 1 amide bonds. The molecule has 2 aliphatic rings. The van der Waals surface area contributed by atoms with Crippen molar-refractivity contribution in [3.05, 3.63) is 0 Å². The first-order valence-electron chi connectivity index (χ1n) is 7.61. The fourth-order valence-electron chi connectivity index (χ4n) is 3.58. The average molecular weight is 267 g/mol. The molecule has 0 aromatic carbocycles. The molecule has 0 radical (unpaired) electrons. The van der Waals surface area contributed by atoms with Gasteiger partial charge in [0.1, 0.15) is 0 Å². The van der Waals surface area contributed by atoms with Crippen molar-refractivity contribution in [1.29, 1.82) is 0 Å². The minimum Gasteiger partial charge on any atom is -0.481 e. The van der Waals surface area contributed by atoms with Crippen LogP contribution >= 0.6 is 0 Å². The summed E-state index contributed by atoms with van der Waals surface area (Å²) in [5.41, 5.74) is 0.524. The highest BCUT2D eigenvalue weighted by molar-refractivity contribution is 5.77. The highest BCUT2D eigenvalue weighted by Gasteiger charge is 2.36. The molecular formula is C15H25NO3. The van der Waals surface area contributed by atoms with E-state index in [1.54, 1.807) is 0 Å². The molecule has 1 spiro atoms. The molecule has 1 N–H and O–H groups in total. The molecule has 2 rings (SSSR count). The molecule has 0 aromatic rings. The number of carboxylic acid groups (broad SMARTS) is 1. The summed E-state index contributed by atoms with van der Waals surface area (Å²) in [6.07, 6.45) is 10.0. The Morgan fingerprint density at radius 3 is 2.16 bits per heavy atom. The molecule has 0 bridgehead atoms. The fraction of sp³-hybridized carbons (Fsp3) is 0.867. The van der Waals surface area contributed by atoms with E-state index in [2.05, 4.69) is 0 Å². The largest absolute Gasteiger partial charge is 0.481 e. The lowest BCUT2D eigenvalue weighted by atomic mass is 9.68. The molecule has 0 atom stereocenters. The van der Waals surface area contributed by atoms with E-state index >= 15 is 0 Å². The van der Waals surface area contributed by atoms with Crippen molar-refractivity contribution >= 4 is 11.9 Å². The van der Waals surface area contributed by atoms with Gasteiger partial charge in [0.15, 0.2) is 0 Å². The number of nitrogens with zero attached hydrogens (tertiary/aromatic N) is 1. The molecule has 0 unspecified atom stereocenters. The van der Waals surface area contributed by atoms with E-state index in [9.17, 15) is 9.59 Å². The zero-order valence-corrected chi connectivity index (χ0v) is 11.7. The Morgan fingerprint density at radius 2 is 1.58 bits per heavy atom. The van der Waals surface area contributed by atoms with Crippen molar-refractivity contribution in [2.24, 2.45) is 5.41 Å². The number of aliphatic carboxylic acids is 1. The fourth-order valence-corrected chi connectivity index (χ4v) is 3.58. The Morgan fingerprint density at radius 1 is 0.947 bits per heavy atom. The third-order valence-electron chi connectivity index (χ3n) is 4.87. The standard InChI is InChI=1S/C15H25NO3/c17-13(5-4-6-14(18)19)16-11-9-15(10-12-16)7-2-1-3-8-15/h1-12H2,(H,18,19). The van der Waals surface area contributed by atoms with E-state index in [1.165, 1.54) is 32.1 Å². The summed E-state index contributed by atoms with van der Waals surface area (Å²) in [6.45, 7) is 1.76. The molecule has 108 valence electrons. The van der Waals surface area contributed by atoms with Gasteiger partial charge >= 0.3 is 5.97 Å². The van der Waals surface area contributed by atoms with Crippen molar-refractivity contribution in [3.63, 3.8) is 0 Å². The Hall–Kier alpha value is -1.06. The van der Waals surface area contributed by atoms with Crippen molar-refractivity contribution in [2.45, 2.75) is 64.2 Å². The van der Waals surface area contributed by atoms with Gasteiger partial charge < -0.3 is 10.0 Å². The van der Waals surface area contributed by atoms with Crippen molar-refractivity contribution < 1.29 is 14.7 Å². The first-order chi connectivity index (χ1) is 9.11. The number of amides is 1. The molecule has 1 saturated carbocycles. The Labute approximate surface area is 115 Å². The van der Waals surface area contributed by atoms with E-state index in [1.807, 2.05) is 4.90 Å². The molecule has 19 heavy (non-hydrogen) atoms. The number of carbonyl (C=O) groups is 2. The molecule has 4 nitrogen and oxygen atoms in total. The summed E-state index contributed by atoms with van der Waals surface area (Å²) in [5.74, 6) is -0.667. The summed E-state index contributed by atoms with van der Waals surface area (Å²) >= 11 is 0.